The van der Waals surface area contributed by atoms with E-state index in [1.807, 2.05) is 32.0 Å². The lowest BCUT2D eigenvalue weighted by Crippen LogP contribution is -2.17. The molecule has 2 aromatic carbocycles. The van der Waals surface area contributed by atoms with Crippen LogP contribution in [0, 0.1) is 5.92 Å². The molecule has 0 saturated heterocycles. The Labute approximate surface area is 128 Å². The van der Waals surface area contributed by atoms with Gasteiger partial charge in [0.05, 0.1) is 0 Å². The number of thiophene rings is 1. The summed E-state index contributed by atoms with van der Waals surface area (Å²) < 4.78 is 0. The van der Waals surface area contributed by atoms with Gasteiger partial charge < -0.3 is 5.32 Å². The van der Waals surface area contributed by atoms with E-state index in [9.17, 15) is 4.79 Å². The van der Waals surface area contributed by atoms with E-state index in [4.69, 9.17) is 0 Å². The predicted octanol–water partition coefficient (Wildman–Crippen LogP) is 5.16. The van der Waals surface area contributed by atoms with Crippen molar-refractivity contribution in [1.82, 2.24) is 0 Å². The SMILES string of the molecule is CC(C)C(=O)Nc1ccc(-c2ccsc2)c2ccccc12. The van der Waals surface area contributed by atoms with Crippen LogP contribution in [0.5, 0.6) is 0 Å². The number of carbonyl (C=O) groups excluding carboxylic acids is 1. The molecular formula is C18H17NOS. The second-order valence-electron chi connectivity index (χ2n) is 5.36. The highest BCUT2D eigenvalue weighted by Gasteiger charge is 2.11. The molecule has 0 aliphatic rings. The van der Waals surface area contributed by atoms with Gasteiger partial charge in [0.15, 0.2) is 0 Å². The maximum absolute atomic E-state index is 12.0. The highest BCUT2D eigenvalue weighted by molar-refractivity contribution is 7.08. The van der Waals surface area contributed by atoms with Gasteiger partial charge in [-0.2, -0.15) is 11.3 Å². The number of hydrogen-bond acceptors (Lipinski definition) is 2. The smallest absolute Gasteiger partial charge is 0.226 e. The normalized spacial score (nSPS) is 11.0. The summed E-state index contributed by atoms with van der Waals surface area (Å²) in [6.07, 6.45) is 0. The van der Waals surface area contributed by atoms with Gasteiger partial charge in [0.1, 0.15) is 0 Å². The molecule has 0 aliphatic heterocycles. The molecule has 21 heavy (non-hydrogen) atoms. The Morgan fingerprint density at radius 3 is 2.48 bits per heavy atom. The summed E-state index contributed by atoms with van der Waals surface area (Å²) in [6, 6.07) is 14.4. The molecule has 0 saturated carbocycles. The van der Waals surface area contributed by atoms with E-state index in [1.54, 1.807) is 11.3 Å². The van der Waals surface area contributed by atoms with Crippen molar-refractivity contribution in [2.75, 3.05) is 5.32 Å². The molecule has 0 aliphatic carbocycles. The highest BCUT2D eigenvalue weighted by atomic mass is 32.1. The maximum atomic E-state index is 12.0. The average molecular weight is 295 g/mol. The quantitative estimate of drug-likeness (QED) is 0.710. The summed E-state index contributed by atoms with van der Waals surface area (Å²) in [4.78, 5) is 12.0. The minimum atomic E-state index is -0.0275. The van der Waals surface area contributed by atoms with Crippen LogP contribution in [-0.4, -0.2) is 5.91 Å². The predicted molar refractivity (Wildman–Crippen MR) is 90.7 cm³/mol. The van der Waals surface area contributed by atoms with Gasteiger partial charge in [0.2, 0.25) is 5.91 Å². The summed E-state index contributed by atoms with van der Waals surface area (Å²) >= 11 is 1.69. The second-order valence-corrected chi connectivity index (χ2v) is 6.14. The molecule has 2 nitrogen and oxygen atoms in total. The van der Waals surface area contributed by atoms with Gasteiger partial charge in [-0.05, 0) is 39.4 Å². The van der Waals surface area contributed by atoms with Crippen molar-refractivity contribution in [3.8, 4) is 11.1 Å². The number of benzene rings is 2. The molecule has 106 valence electrons. The minimum Gasteiger partial charge on any atom is -0.325 e. The average Bonchev–Trinajstić information content (AvgIpc) is 3.01. The number of nitrogens with one attached hydrogen (secondary N) is 1. The summed E-state index contributed by atoms with van der Waals surface area (Å²) in [5.41, 5.74) is 3.30. The zero-order valence-corrected chi connectivity index (χ0v) is 12.9. The molecule has 0 unspecified atom stereocenters. The first-order chi connectivity index (χ1) is 10.2. The zero-order chi connectivity index (χ0) is 14.8. The van der Waals surface area contributed by atoms with Crippen LogP contribution in [0.4, 0.5) is 5.69 Å². The Bertz CT molecular complexity index is 775. The van der Waals surface area contributed by atoms with Crippen molar-refractivity contribution in [3.63, 3.8) is 0 Å². The fourth-order valence-electron chi connectivity index (χ4n) is 2.35. The Morgan fingerprint density at radius 1 is 1.05 bits per heavy atom. The van der Waals surface area contributed by atoms with Gasteiger partial charge in [-0.25, -0.2) is 0 Å². The van der Waals surface area contributed by atoms with Gasteiger partial charge in [0.25, 0.3) is 0 Å². The van der Waals surface area contributed by atoms with Crippen molar-refractivity contribution in [2.24, 2.45) is 5.92 Å². The van der Waals surface area contributed by atoms with Crippen LogP contribution in [0.3, 0.4) is 0 Å². The fourth-order valence-corrected chi connectivity index (χ4v) is 3.01. The fraction of sp³-hybridized carbons (Fsp3) is 0.167. The Kier molecular flexibility index (Phi) is 3.76. The molecule has 3 heteroatoms. The first-order valence-electron chi connectivity index (χ1n) is 7.02. The maximum Gasteiger partial charge on any atom is 0.226 e. The molecule has 0 atom stereocenters. The van der Waals surface area contributed by atoms with Crippen molar-refractivity contribution < 1.29 is 4.79 Å². The lowest BCUT2D eigenvalue weighted by Gasteiger charge is -2.13. The second kappa shape index (κ2) is 5.70. The van der Waals surface area contributed by atoms with Gasteiger partial charge in [-0.15, -0.1) is 0 Å². The van der Waals surface area contributed by atoms with Crippen molar-refractivity contribution in [3.05, 3.63) is 53.2 Å². The van der Waals surface area contributed by atoms with Crippen molar-refractivity contribution in [2.45, 2.75) is 13.8 Å². The van der Waals surface area contributed by atoms with Crippen LogP contribution in [0.25, 0.3) is 21.9 Å². The number of fused-ring (bicyclic) bond motifs is 1. The molecule has 3 rings (SSSR count). The van der Waals surface area contributed by atoms with E-state index in [0.717, 1.165) is 16.5 Å². The van der Waals surface area contributed by atoms with E-state index in [0.29, 0.717) is 0 Å². The number of hydrogen-bond donors (Lipinski definition) is 1. The summed E-state index contributed by atoms with van der Waals surface area (Å²) in [6.45, 7) is 3.80. The minimum absolute atomic E-state index is 0.0275. The van der Waals surface area contributed by atoms with Crippen molar-refractivity contribution in [1.29, 1.82) is 0 Å². The van der Waals surface area contributed by atoms with E-state index in [-0.39, 0.29) is 11.8 Å². The third-order valence-electron chi connectivity index (χ3n) is 3.54. The molecule has 1 aromatic heterocycles. The molecule has 1 heterocycles. The Balaban J connectivity index is 2.13. The van der Waals surface area contributed by atoms with Crippen LogP contribution in [0.2, 0.25) is 0 Å². The lowest BCUT2D eigenvalue weighted by atomic mass is 9.99. The standard InChI is InChI=1S/C18H17NOS/c1-12(2)18(20)19-17-8-7-14(13-9-10-21-11-13)15-5-3-4-6-16(15)17/h3-12H,1-2H3,(H,19,20). The summed E-state index contributed by atoms with van der Waals surface area (Å²) in [5, 5.41) is 9.49. The van der Waals surface area contributed by atoms with E-state index in [1.165, 1.54) is 11.1 Å². The first kappa shape index (κ1) is 13.8. The first-order valence-corrected chi connectivity index (χ1v) is 7.96. The third-order valence-corrected chi connectivity index (χ3v) is 4.22. The molecule has 0 spiro atoms. The number of carbonyl (C=O) groups is 1. The van der Waals surface area contributed by atoms with Crippen LogP contribution in [-0.2, 0) is 4.79 Å². The topological polar surface area (TPSA) is 29.1 Å². The molecule has 1 amide bonds. The molecule has 3 aromatic rings. The van der Waals surface area contributed by atoms with E-state index < -0.39 is 0 Å². The molecule has 0 fully saturated rings. The number of anilines is 1. The largest absolute Gasteiger partial charge is 0.325 e. The monoisotopic (exact) mass is 295 g/mol. The molecule has 1 N–H and O–H groups in total. The van der Waals surface area contributed by atoms with Gasteiger partial charge in [0, 0.05) is 17.0 Å². The molecule has 0 radical (unpaired) electrons. The zero-order valence-electron chi connectivity index (χ0n) is 12.1. The lowest BCUT2D eigenvalue weighted by molar-refractivity contribution is -0.118. The van der Waals surface area contributed by atoms with Gasteiger partial charge in [-0.1, -0.05) is 44.2 Å². The Morgan fingerprint density at radius 2 is 1.81 bits per heavy atom. The summed E-state index contributed by atoms with van der Waals surface area (Å²) in [5.74, 6) is 0.0174. The molecule has 0 bridgehead atoms. The summed E-state index contributed by atoms with van der Waals surface area (Å²) in [7, 11) is 0. The van der Waals surface area contributed by atoms with Crippen LogP contribution in [0.15, 0.2) is 53.2 Å². The van der Waals surface area contributed by atoms with Crippen LogP contribution < -0.4 is 5.32 Å². The van der Waals surface area contributed by atoms with Crippen LogP contribution >= 0.6 is 11.3 Å². The third kappa shape index (κ3) is 2.69. The van der Waals surface area contributed by atoms with E-state index in [2.05, 4.69) is 40.3 Å². The van der Waals surface area contributed by atoms with Gasteiger partial charge in [-0.3, -0.25) is 4.79 Å². The van der Waals surface area contributed by atoms with Crippen molar-refractivity contribution >= 4 is 33.7 Å². The number of amides is 1. The molecular weight excluding hydrogens is 278 g/mol. The Hall–Kier alpha value is -2.13. The van der Waals surface area contributed by atoms with Crippen LogP contribution in [0.1, 0.15) is 13.8 Å². The number of rotatable bonds is 3. The van der Waals surface area contributed by atoms with Gasteiger partial charge >= 0.3 is 0 Å². The van der Waals surface area contributed by atoms with E-state index >= 15 is 0 Å². The highest BCUT2D eigenvalue weighted by Crippen LogP contribution is 2.34.